The molecule has 1 N–H and O–H groups in total. The average Bonchev–Trinajstić information content (AvgIpc) is 2.51. The SMILES string of the molecule is CCOC(=O)C(C#N)=C1CCC(=C(C#N)C(=O)C#CO)CC1. The minimum absolute atomic E-state index is 0.000819. The molecular weight excluding hydrogens is 284 g/mol. The van der Waals surface area contributed by atoms with Crippen LogP contribution in [0.5, 0.6) is 0 Å². The van der Waals surface area contributed by atoms with Crippen molar-refractivity contribution in [3.63, 3.8) is 0 Å². The number of aliphatic hydroxyl groups excluding tert-OH is 1. The lowest BCUT2D eigenvalue weighted by molar-refractivity contribution is -0.138. The molecule has 0 aromatic carbocycles. The van der Waals surface area contributed by atoms with Crippen LogP contribution in [-0.2, 0) is 14.3 Å². The largest absolute Gasteiger partial charge is 0.462 e. The van der Waals surface area contributed by atoms with Crippen LogP contribution >= 0.6 is 0 Å². The molecule has 1 fully saturated rings. The Morgan fingerprint density at radius 3 is 2.00 bits per heavy atom. The van der Waals surface area contributed by atoms with E-state index < -0.39 is 11.8 Å². The maximum absolute atomic E-state index is 11.7. The van der Waals surface area contributed by atoms with E-state index in [1.807, 2.05) is 12.0 Å². The van der Waals surface area contributed by atoms with Crippen LogP contribution in [0.25, 0.3) is 0 Å². The van der Waals surface area contributed by atoms with Gasteiger partial charge in [-0.15, -0.1) is 0 Å². The van der Waals surface area contributed by atoms with E-state index in [0.717, 1.165) is 0 Å². The van der Waals surface area contributed by atoms with Crippen LogP contribution in [0.15, 0.2) is 22.3 Å². The Kier molecular flexibility index (Phi) is 6.41. The molecule has 6 nitrogen and oxygen atoms in total. The van der Waals surface area contributed by atoms with Crippen molar-refractivity contribution < 1.29 is 19.4 Å². The average molecular weight is 298 g/mol. The fraction of sp³-hybridized carbons (Fsp3) is 0.375. The number of hydrogen-bond acceptors (Lipinski definition) is 6. The van der Waals surface area contributed by atoms with E-state index in [9.17, 15) is 9.59 Å². The molecule has 0 radical (unpaired) electrons. The second kappa shape index (κ2) is 8.29. The van der Waals surface area contributed by atoms with Crippen LogP contribution in [-0.4, -0.2) is 23.5 Å². The summed E-state index contributed by atoms with van der Waals surface area (Å²) in [4.78, 5) is 23.3. The minimum Gasteiger partial charge on any atom is -0.462 e. The number of carbonyl (C=O) groups excluding carboxylic acids is 2. The third-order valence-corrected chi connectivity index (χ3v) is 3.26. The van der Waals surface area contributed by atoms with Crippen molar-refractivity contribution in [2.45, 2.75) is 32.6 Å². The Labute approximate surface area is 128 Å². The zero-order valence-electron chi connectivity index (χ0n) is 12.1. The van der Waals surface area contributed by atoms with Gasteiger partial charge in [-0.05, 0) is 43.8 Å². The summed E-state index contributed by atoms with van der Waals surface area (Å²) in [5.41, 5.74) is 1.22. The number of ketones is 1. The van der Waals surface area contributed by atoms with Gasteiger partial charge in [-0.3, -0.25) is 4.79 Å². The van der Waals surface area contributed by atoms with Crippen LogP contribution in [0, 0.1) is 34.7 Å². The summed E-state index contributed by atoms with van der Waals surface area (Å²) in [7, 11) is 0. The molecular formula is C16H14N2O4. The van der Waals surface area contributed by atoms with E-state index in [4.69, 9.17) is 20.4 Å². The van der Waals surface area contributed by atoms with Gasteiger partial charge in [0.1, 0.15) is 29.4 Å². The smallest absolute Gasteiger partial charge is 0.348 e. The first kappa shape index (κ1) is 17.0. The molecule has 0 saturated heterocycles. The van der Waals surface area contributed by atoms with Crippen LogP contribution in [0.1, 0.15) is 32.6 Å². The number of nitriles is 2. The Bertz CT molecular complexity index is 678. The topological polar surface area (TPSA) is 111 Å². The van der Waals surface area contributed by atoms with Crippen LogP contribution in [0.2, 0.25) is 0 Å². The van der Waals surface area contributed by atoms with Crippen LogP contribution in [0.3, 0.4) is 0 Å². The summed E-state index contributed by atoms with van der Waals surface area (Å²) in [6, 6.07) is 3.66. The Morgan fingerprint density at radius 2 is 1.59 bits per heavy atom. The van der Waals surface area contributed by atoms with Gasteiger partial charge in [-0.1, -0.05) is 0 Å². The van der Waals surface area contributed by atoms with Gasteiger partial charge in [0, 0.05) is 5.92 Å². The van der Waals surface area contributed by atoms with Gasteiger partial charge >= 0.3 is 5.97 Å². The summed E-state index contributed by atoms with van der Waals surface area (Å²) < 4.78 is 4.83. The standard InChI is InChI=1S/C16H14N2O4/c1-2-22-16(21)14(10-18)12-5-3-11(4-6-12)13(9-17)15(20)7-8-19/h19H,2-6H2,1H3. The van der Waals surface area contributed by atoms with E-state index in [-0.39, 0.29) is 17.8 Å². The molecule has 1 rings (SSSR count). The lowest BCUT2D eigenvalue weighted by Crippen LogP contribution is -2.12. The summed E-state index contributed by atoms with van der Waals surface area (Å²) >= 11 is 0. The fourth-order valence-electron chi connectivity index (χ4n) is 2.23. The van der Waals surface area contributed by atoms with Crippen molar-refractivity contribution in [1.82, 2.24) is 0 Å². The molecule has 1 aliphatic carbocycles. The lowest BCUT2D eigenvalue weighted by Gasteiger charge is -2.19. The third-order valence-electron chi connectivity index (χ3n) is 3.26. The van der Waals surface area contributed by atoms with Crippen molar-refractivity contribution in [3.05, 3.63) is 22.3 Å². The first-order valence-electron chi connectivity index (χ1n) is 6.69. The minimum atomic E-state index is -0.724. The molecule has 0 spiro atoms. The predicted octanol–water partition coefficient (Wildman–Crippen LogP) is 1.67. The Balaban J connectivity index is 3.00. The zero-order chi connectivity index (χ0) is 16.5. The second-order valence-corrected chi connectivity index (χ2v) is 4.47. The number of allylic oxidation sites excluding steroid dienone is 3. The summed E-state index contributed by atoms with van der Waals surface area (Å²) in [5.74, 6) is 0.555. The number of Topliss-reactive ketones (excluding diaryl/α,β-unsaturated/α-hetero) is 1. The van der Waals surface area contributed by atoms with Gasteiger partial charge in [0.15, 0.2) is 0 Å². The summed E-state index contributed by atoms with van der Waals surface area (Å²) in [6.45, 7) is 1.85. The molecule has 6 heteroatoms. The second-order valence-electron chi connectivity index (χ2n) is 4.47. The number of carbonyl (C=O) groups is 2. The van der Waals surface area contributed by atoms with E-state index in [1.165, 1.54) is 6.11 Å². The van der Waals surface area contributed by atoms with E-state index in [1.54, 1.807) is 13.0 Å². The number of rotatable bonds is 3. The molecule has 1 aliphatic rings. The molecule has 0 aromatic heterocycles. The quantitative estimate of drug-likeness (QED) is 0.367. The van der Waals surface area contributed by atoms with Crippen molar-refractivity contribution >= 4 is 11.8 Å². The van der Waals surface area contributed by atoms with Crippen molar-refractivity contribution in [1.29, 1.82) is 10.5 Å². The molecule has 0 aliphatic heterocycles. The number of esters is 1. The first-order valence-corrected chi connectivity index (χ1v) is 6.69. The maximum atomic E-state index is 11.7. The fourth-order valence-corrected chi connectivity index (χ4v) is 2.23. The highest BCUT2D eigenvalue weighted by molar-refractivity contribution is 6.11. The molecule has 1 saturated carbocycles. The summed E-state index contributed by atoms with van der Waals surface area (Å²) in [6.07, 6.45) is 3.08. The Hall–Kier alpha value is -3.04. The molecule has 0 heterocycles. The number of nitrogens with zero attached hydrogens (tertiary/aromatic N) is 2. The molecule has 22 heavy (non-hydrogen) atoms. The number of hydrogen-bond donors (Lipinski definition) is 1. The first-order chi connectivity index (χ1) is 10.6. The van der Waals surface area contributed by atoms with Crippen LogP contribution in [0.4, 0.5) is 0 Å². The van der Waals surface area contributed by atoms with Gasteiger partial charge in [-0.2, -0.15) is 10.5 Å². The highest BCUT2D eigenvalue weighted by atomic mass is 16.5. The van der Waals surface area contributed by atoms with Crippen molar-refractivity contribution in [3.8, 4) is 24.2 Å². The highest BCUT2D eigenvalue weighted by Crippen LogP contribution is 2.32. The highest BCUT2D eigenvalue weighted by Gasteiger charge is 2.23. The zero-order valence-corrected chi connectivity index (χ0v) is 12.1. The normalized spacial score (nSPS) is 13.0. The van der Waals surface area contributed by atoms with E-state index in [0.29, 0.717) is 36.8 Å². The predicted molar refractivity (Wildman–Crippen MR) is 75.1 cm³/mol. The molecule has 0 bridgehead atoms. The van der Waals surface area contributed by atoms with Crippen molar-refractivity contribution in [2.24, 2.45) is 0 Å². The number of aliphatic hydroxyl groups is 1. The number of ether oxygens (including phenoxy) is 1. The molecule has 0 atom stereocenters. The van der Waals surface area contributed by atoms with Gasteiger partial charge in [0.2, 0.25) is 5.78 Å². The van der Waals surface area contributed by atoms with Gasteiger partial charge < -0.3 is 9.84 Å². The third kappa shape index (κ3) is 3.98. The van der Waals surface area contributed by atoms with Gasteiger partial charge in [0.05, 0.1) is 6.61 Å². The summed E-state index contributed by atoms with van der Waals surface area (Å²) in [5, 5.41) is 26.5. The molecule has 112 valence electrons. The Morgan fingerprint density at radius 1 is 1.09 bits per heavy atom. The lowest BCUT2D eigenvalue weighted by atomic mass is 9.85. The monoisotopic (exact) mass is 298 g/mol. The molecule has 0 aromatic rings. The van der Waals surface area contributed by atoms with Crippen LogP contribution < -0.4 is 0 Å². The van der Waals surface area contributed by atoms with E-state index >= 15 is 0 Å². The van der Waals surface area contributed by atoms with E-state index in [2.05, 4.69) is 0 Å². The maximum Gasteiger partial charge on any atom is 0.348 e. The van der Waals surface area contributed by atoms with Gasteiger partial charge in [0.25, 0.3) is 0 Å². The van der Waals surface area contributed by atoms with Gasteiger partial charge in [-0.25, -0.2) is 4.79 Å². The molecule has 0 unspecified atom stereocenters. The van der Waals surface area contributed by atoms with Crippen molar-refractivity contribution in [2.75, 3.05) is 6.61 Å². The molecule has 0 amide bonds.